The van der Waals surface area contributed by atoms with Gasteiger partial charge in [-0.3, -0.25) is 0 Å². The minimum absolute atomic E-state index is 0.246. The maximum Gasteiger partial charge on any atom is 0.410 e. The standard InChI is InChI=1S/C15H23ClN4O2/c1-10-7-12(16)19-13(18-10)17-8-11-5-6-20(9-11)14(21)22-15(2,3)4/h7,11H,5-6,8-9H2,1-4H3,(H,17,18,19)/t11-/m1/s1. The Morgan fingerprint density at radius 1 is 1.50 bits per heavy atom. The third kappa shape index (κ3) is 5.02. The summed E-state index contributed by atoms with van der Waals surface area (Å²) in [5.74, 6) is 0.885. The summed E-state index contributed by atoms with van der Waals surface area (Å²) in [6.45, 7) is 9.60. The van der Waals surface area contributed by atoms with E-state index in [1.807, 2.05) is 27.7 Å². The fourth-order valence-electron chi connectivity index (χ4n) is 2.34. The summed E-state index contributed by atoms with van der Waals surface area (Å²) in [5, 5.41) is 3.62. The van der Waals surface area contributed by atoms with Crippen molar-refractivity contribution in [3.63, 3.8) is 0 Å². The molecule has 1 aliphatic heterocycles. The summed E-state index contributed by atoms with van der Waals surface area (Å²) in [5.41, 5.74) is 0.365. The first kappa shape index (κ1) is 16.8. The van der Waals surface area contributed by atoms with Crippen LogP contribution < -0.4 is 5.32 Å². The van der Waals surface area contributed by atoms with Crippen molar-refractivity contribution in [2.75, 3.05) is 25.0 Å². The van der Waals surface area contributed by atoms with Gasteiger partial charge in [0, 0.05) is 25.3 Å². The van der Waals surface area contributed by atoms with Crippen LogP contribution in [0.25, 0.3) is 0 Å². The zero-order valence-corrected chi connectivity index (χ0v) is 14.3. The number of halogens is 1. The second-order valence-corrected chi connectivity index (χ2v) is 7.00. The first-order valence-electron chi connectivity index (χ1n) is 7.46. The molecule has 0 aliphatic carbocycles. The third-order valence-corrected chi connectivity index (χ3v) is 3.50. The number of hydrogen-bond acceptors (Lipinski definition) is 5. The van der Waals surface area contributed by atoms with E-state index in [1.165, 1.54) is 0 Å². The Hall–Kier alpha value is -1.56. The van der Waals surface area contributed by atoms with Crippen molar-refractivity contribution in [2.24, 2.45) is 5.92 Å². The number of anilines is 1. The molecule has 0 radical (unpaired) electrons. The van der Waals surface area contributed by atoms with E-state index in [1.54, 1.807) is 11.0 Å². The van der Waals surface area contributed by atoms with E-state index in [0.717, 1.165) is 18.7 Å². The lowest BCUT2D eigenvalue weighted by Crippen LogP contribution is -2.35. The number of nitrogens with one attached hydrogen (secondary N) is 1. The number of likely N-dealkylation sites (tertiary alicyclic amines) is 1. The quantitative estimate of drug-likeness (QED) is 0.864. The maximum absolute atomic E-state index is 12.0. The number of aryl methyl sites for hydroxylation is 1. The lowest BCUT2D eigenvalue weighted by atomic mass is 10.1. The van der Waals surface area contributed by atoms with Gasteiger partial charge in [0.05, 0.1) is 0 Å². The summed E-state index contributed by atoms with van der Waals surface area (Å²) >= 11 is 5.91. The molecule has 1 aromatic heterocycles. The van der Waals surface area contributed by atoms with E-state index in [0.29, 0.717) is 30.1 Å². The van der Waals surface area contributed by atoms with Crippen LogP contribution in [-0.4, -0.2) is 46.2 Å². The number of ether oxygens (including phenoxy) is 1. The van der Waals surface area contributed by atoms with Crippen LogP contribution in [-0.2, 0) is 4.74 Å². The molecular formula is C15H23ClN4O2. The van der Waals surface area contributed by atoms with Crippen LogP contribution in [0, 0.1) is 12.8 Å². The van der Waals surface area contributed by atoms with Gasteiger partial charge in [0.1, 0.15) is 10.8 Å². The van der Waals surface area contributed by atoms with Crippen LogP contribution in [0.4, 0.5) is 10.7 Å². The summed E-state index contributed by atoms with van der Waals surface area (Å²) in [4.78, 5) is 22.2. The van der Waals surface area contributed by atoms with E-state index in [9.17, 15) is 4.79 Å². The Bertz CT molecular complexity index is 525. The van der Waals surface area contributed by atoms with E-state index < -0.39 is 5.60 Å². The predicted molar refractivity (Wildman–Crippen MR) is 86.2 cm³/mol. The zero-order chi connectivity index (χ0) is 16.3. The van der Waals surface area contributed by atoms with E-state index >= 15 is 0 Å². The van der Waals surface area contributed by atoms with Crippen LogP contribution in [0.2, 0.25) is 5.15 Å². The lowest BCUT2D eigenvalue weighted by molar-refractivity contribution is 0.0289. The van der Waals surface area contributed by atoms with Crippen molar-refractivity contribution in [2.45, 2.75) is 39.7 Å². The van der Waals surface area contributed by atoms with Crippen molar-refractivity contribution >= 4 is 23.6 Å². The van der Waals surface area contributed by atoms with Crippen LogP contribution >= 0.6 is 11.6 Å². The van der Waals surface area contributed by atoms with Gasteiger partial charge < -0.3 is 15.0 Å². The molecule has 0 saturated carbocycles. The van der Waals surface area contributed by atoms with Gasteiger partial charge in [0.2, 0.25) is 5.95 Å². The molecule has 0 unspecified atom stereocenters. The number of carbonyl (C=O) groups excluding carboxylic acids is 1. The Morgan fingerprint density at radius 2 is 2.23 bits per heavy atom. The summed E-state index contributed by atoms with van der Waals surface area (Å²) in [6.07, 6.45) is 0.691. The third-order valence-electron chi connectivity index (χ3n) is 3.31. The first-order valence-corrected chi connectivity index (χ1v) is 7.84. The molecule has 0 bridgehead atoms. The lowest BCUT2D eigenvalue weighted by Gasteiger charge is -2.24. The molecule has 1 aliphatic rings. The molecule has 22 heavy (non-hydrogen) atoms. The van der Waals surface area contributed by atoms with Crippen LogP contribution in [0.1, 0.15) is 32.9 Å². The predicted octanol–water partition coefficient (Wildman–Crippen LogP) is 3.11. The molecule has 1 aromatic rings. The van der Waals surface area contributed by atoms with Gasteiger partial charge >= 0.3 is 6.09 Å². The van der Waals surface area contributed by atoms with E-state index in [2.05, 4.69) is 15.3 Å². The molecule has 0 spiro atoms. The summed E-state index contributed by atoms with van der Waals surface area (Å²) in [7, 11) is 0. The van der Waals surface area contributed by atoms with Crippen molar-refractivity contribution in [1.82, 2.24) is 14.9 Å². The van der Waals surface area contributed by atoms with Crippen LogP contribution in [0.15, 0.2) is 6.07 Å². The number of aromatic nitrogens is 2. The Balaban J connectivity index is 1.82. The SMILES string of the molecule is Cc1cc(Cl)nc(NC[C@H]2CCN(C(=O)OC(C)(C)C)C2)n1. The van der Waals surface area contributed by atoms with Gasteiger partial charge in [-0.05, 0) is 46.1 Å². The average molecular weight is 327 g/mol. The molecule has 1 fully saturated rings. The highest BCUT2D eigenvalue weighted by Gasteiger charge is 2.29. The molecule has 1 amide bonds. The molecule has 122 valence electrons. The highest BCUT2D eigenvalue weighted by Crippen LogP contribution is 2.20. The fraction of sp³-hybridized carbons (Fsp3) is 0.667. The molecule has 1 atom stereocenters. The van der Waals surface area contributed by atoms with Crippen molar-refractivity contribution in [3.8, 4) is 0 Å². The Kier molecular flexibility index (Phi) is 5.11. The molecule has 6 nitrogen and oxygen atoms in total. The van der Waals surface area contributed by atoms with Crippen LogP contribution in [0.5, 0.6) is 0 Å². The molecule has 2 heterocycles. The Morgan fingerprint density at radius 3 is 2.86 bits per heavy atom. The topological polar surface area (TPSA) is 67.4 Å². The maximum atomic E-state index is 12.0. The van der Waals surface area contributed by atoms with Gasteiger partial charge in [-0.15, -0.1) is 0 Å². The highest BCUT2D eigenvalue weighted by atomic mass is 35.5. The summed E-state index contributed by atoms with van der Waals surface area (Å²) in [6, 6.07) is 1.71. The summed E-state index contributed by atoms with van der Waals surface area (Å²) < 4.78 is 5.39. The van der Waals surface area contributed by atoms with Gasteiger partial charge in [-0.1, -0.05) is 11.6 Å². The van der Waals surface area contributed by atoms with Crippen molar-refractivity contribution < 1.29 is 9.53 Å². The molecule has 7 heteroatoms. The van der Waals surface area contributed by atoms with E-state index in [-0.39, 0.29) is 6.09 Å². The van der Waals surface area contributed by atoms with Gasteiger partial charge in [-0.2, -0.15) is 0 Å². The molecular weight excluding hydrogens is 304 g/mol. The van der Waals surface area contributed by atoms with Gasteiger partial charge in [0.15, 0.2) is 0 Å². The van der Waals surface area contributed by atoms with Gasteiger partial charge in [0.25, 0.3) is 0 Å². The number of rotatable bonds is 3. The molecule has 2 rings (SSSR count). The van der Waals surface area contributed by atoms with E-state index in [4.69, 9.17) is 16.3 Å². The Labute approximate surface area is 136 Å². The second kappa shape index (κ2) is 6.69. The monoisotopic (exact) mass is 326 g/mol. The number of amides is 1. The number of nitrogens with zero attached hydrogens (tertiary/aromatic N) is 3. The minimum Gasteiger partial charge on any atom is -0.444 e. The average Bonchev–Trinajstić information content (AvgIpc) is 2.82. The van der Waals surface area contributed by atoms with Gasteiger partial charge in [-0.25, -0.2) is 14.8 Å². The number of hydrogen-bond donors (Lipinski definition) is 1. The smallest absolute Gasteiger partial charge is 0.410 e. The normalized spacial score (nSPS) is 18.4. The van der Waals surface area contributed by atoms with Crippen molar-refractivity contribution in [3.05, 3.63) is 16.9 Å². The minimum atomic E-state index is -0.459. The second-order valence-electron chi connectivity index (χ2n) is 6.62. The fourth-order valence-corrected chi connectivity index (χ4v) is 2.57. The molecule has 0 aromatic carbocycles. The highest BCUT2D eigenvalue weighted by molar-refractivity contribution is 6.29. The van der Waals surface area contributed by atoms with Crippen LogP contribution in [0.3, 0.4) is 0 Å². The largest absolute Gasteiger partial charge is 0.444 e. The zero-order valence-electron chi connectivity index (χ0n) is 13.5. The van der Waals surface area contributed by atoms with Crippen molar-refractivity contribution in [1.29, 1.82) is 0 Å². The number of carbonyl (C=O) groups is 1. The first-order chi connectivity index (χ1) is 10.2. The molecule has 1 N–H and O–H groups in total. The molecule has 1 saturated heterocycles.